The molecule has 0 radical (unpaired) electrons. The van der Waals surface area contributed by atoms with E-state index in [2.05, 4.69) is 4.31 Å². The zero-order chi connectivity index (χ0) is 22.3. The van der Waals surface area contributed by atoms with E-state index in [1.54, 1.807) is 0 Å². The minimum absolute atomic E-state index is 0.218. The van der Waals surface area contributed by atoms with Crippen LogP contribution in [-0.2, 0) is 42.9 Å². The molecule has 2 heterocycles. The fourth-order valence-electron chi connectivity index (χ4n) is 3.07. The molecule has 2 aliphatic rings. The first-order valence-corrected chi connectivity index (χ1v) is 11.5. The van der Waals surface area contributed by atoms with Crippen LogP contribution >= 0.6 is 23.7 Å². The molecule has 2 fully saturated rings. The van der Waals surface area contributed by atoms with Crippen LogP contribution in [0.3, 0.4) is 0 Å². The third-order valence-electron chi connectivity index (χ3n) is 4.17. The van der Waals surface area contributed by atoms with Gasteiger partial charge in [-0.25, -0.2) is 4.31 Å². The maximum atomic E-state index is 11.8. The van der Waals surface area contributed by atoms with Gasteiger partial charge in [-0.3, -0.25) is 19.2 Å². The highest BCUT2D eigenvalue weighted by Crippen LogP contribution is 2.36. The summed E-state index contributed by atoms with van der Waals surface area (Å²) in [5, 5.41) is 0. The highest BCUT2D eigenvalue weighted by atomic mass is 32.2. The first-order chi connectivity index (χ1) is 14.2. The average molecular weight is 466 g/mol. The lowest BCUT2D eigenvalue weighted by molar-refractivity contribution is -0.237. The van der Waals surface area contributed by atoms with Gasteiger partial charge in [-0.05, 0) is 11.9 Å². The van der Waals surface area contributed by atoms with Crippen molar-refractivity contribution >= 4 is 47.6 Å². The Hall–Kier alpha value is -1.50. The van der Waals surface area contributed by atoms with Gasteiger partial charge in [-0.1, -0.05) is 0 Å². The summed E-state index contributed by atoms with van der Waals surface area (Å²) in [5.41, 5.74) is -0.756. The van der Waals surface area contributed by atoms with Gasteiger partial charge in [-0.2, -0.15) is 11.8 Å². The molecular formula is C18H27NO9S2. The molecule has 0 N–H and O–H groups in total. The molecule has 0 bridgehead atoms. The van der Waals surface area contributed by atoms with Crippen molar-refractivity contribution in [1.82, 2.24) is 4.31 Å². The topological polar surface area (TPSA) is 118 Å². The molecule has 0 aliphatic carbocycles. The molecule has 0 saturated carbocycles. The third kappa shape index (κ3) is 7.64. The van der Waals surface area contributed by atoms with E-state index in [0.29, 0.717) is 0 Å². The molecule has 10 nitrogen and oxygen atoms in total. The van der Waals surface area contributed by atoms with Gasteiger partial charge in [0.15, 0.2) is 23.7 Å². The molecule has 2 rings (SSSR count). The van der Waals surface area contributed by atoms with Crippen molar-refractivity contribution in [2.45, 2.75) is 57.5 Å². The highest BCUT2D eigenvalue weighted by molar-refractivity contribution is 8.00. The molecule has 0 aromatic heterocycles. The van der Waals surface area contributed by atoms with E-state index in [9.17, 15) is 19.2 Å². The lowest BCUT2D eigenvalue weighted by atomic mass is 9.99. The molecule has 5 atom stereocenters. The number of hydrogen-bond donors (Lipinski definition) is 0. The summed E-state index contributed by atoms with van der Waals surface area (Å²) in [5.74, 6) is -0.532. The molecule has 30 heavy (non-hydrogen) atoms. The van der Waals surface area contributed by atoms with Crippen molar-refractivity contribution in [1.29, 1.82) is 0 Å². The Bertz CT molecular complexity index is 641. The van der Waals surface area contributed by atoms with Gasteiger partial charge in [0.25, 0.3) is 0 Å². The second-order valence-corrected chi connectivity index (χ2v) is 9.13. The van der Waals surface area contributed by atoms with E-state index in [1.807, 2.05) is 11.8 Å². The van der Waals surface area contributed by atoms with Crippen LogP contribution in [0.4, 0.5) is 0 Å². The Morgan fingerprint density at radius 2 is 1.40 bits per heavy atom. The Morgan fingerprint density at radius 3 is 1.93 bits per heavy atom. The number of esters is 4. The Balaban J connectivity index is 2.34. The van der Waals surface area contributed by atoms with Crippen LogP contribution in [0.15, 0.2) is 0 Å². The Labute approximate surface area is 183 Å². The number of rotatable bonds is 7. The average Bonchev–Trinajstić information content (AvgIpc) is 2.64. The zero-order valence-electron chi connectivity index (χ0n) is 17.4. The summed E-state index contributed by atoms with van der Waals surface area (Å²) >= 11 is 3.16. The van der Waals surface area contributed by atoms with Crippen molar-refractivity contribution in [3.63, 3.8) is 0 Å². The van der Waals surface area contributed by atoms with Crippen LogP contribution < -0.4 is 0 Å². The number of carbonyl (C=O) groups excluding carboxylic acids is 4. The molecule has 2 aliphatic heterocycles. The highest BCUT2D eigenvalue weighted by Gasteiger charge is 2.52. The maximum Gasteiger partial charge on any atom is 0.303 e. The summed E-state index contributed by atoms with van der Waals surface area (Å²) in [6, 6.07) is 0. The Kier molecular flexibility index (Phi) is 9.72. The predicted octanol–water partition coefficient (Wildman–Crippen LogP) is 0.766. The van der Waals surface area contributed by atoms with Crippen LogP contribution in [-0.4, -0.2) is 89.2 Å². The minimum atomic E-state index is -1.12. The fraction of sp³-hybridized carbons (Fsp3) is 0.778. The Morgan fingerprint density at radius 1 is 0.867 bits per heavy atom. The van der Waals surface area contributed by atoms with Gasteiger partial charge >= 0.3 is 23.9 Å². The van der Waals surface area contributed by atoms with Gasteiger partial charge in [0, 0.05) is 52.3 Å². The lowest BCUT2D eigenvalue weighted by Gasteiger charge is -2.45. The van der Waals surface area contributed by atoms with Crippen LogP contribution in [0.25, 0.3) is 0 Å². The van der Waals surface area contributed by atoms with E-state index in [1.165, 1.54) is 39.6 Å². The van der Waals surface area contributed by atoms with E-state index in [4.69, 9.17) is 23.7 Å². The van der Waals surface area contributed by atoms with Crippen molar-refractivity contribution in [2.75, 3.05) is 31.2 Å². The predicted molar refractivity (Wildman–Crippen MR) is 108 cm³/mol. The second kappa shape index (κ2) is 11.8. The SMILES string of the molecule is CC(=O)OC[C@H]1O[C@@H](SN2CCSCC2)[C@H](OC(C)=O)[C@@H](OC(C)=O)[C@@H]1OC(C)=O. The van der Waals surface area contributed by atoms with Crippen LogP contribution in [0.2, 0.25) is 0 Å². The van der Waals surface area contributed by atoms with Gasteiger partial charge in [0.1, 0.15) is 12.7 Å². The van der Waals surface area contributed by atoms with Crippen molar-refractivity contribution in [2.24, 2.45) is 0 Å². The van der Waals surface area contributed by atoms with E-state index < -0.39 is 53.7 Å². The first kappa shape index (κ1) is 24.8. The molecule has 12 heteroatoms. The maximum absolute atomic E-state index is 11.8. The summed E-state index contributed by atoms with van der Waals surface area (Å²) in [7, 11) is 0. The van der Waals surface area contributed by atoms with Crippen LogP contribution in [0.5, 0.6) is 0 Å². The van der Waals surface area contributed by atoms with Gasteiger partial charge in [0.05, 0.1) is 0 Å². The molecule has 0 amide bonds. The minimum Gasteiger partial charge on any atom is -0.463 e. The molecule has 0 aromatic carbocycles. The zero-order valence-corrected chi connectivity index (χ0v) is 19.0. The number of hydrogen-bond acceptors (Lipinski definition) is 12. The summed E-state index contributed by atoms with van der Waals surface area (Å²) < 4.78 is 29.4. The summed E-state index contributed by atoms with van der Waals surface area (Å²) in [4.78, 5) is 46.6. The van der Waals surface area contributed by atoms with Crippen molar-refractivity contribution < 1.29 is 42.9 Å². The first-order valence-electron chi connectivity index (χ1n) is 9.47. The van der Waals surface area contributed by atoms with E-state index >= 15 is 0 Å². The van der Waals surface area contributed by atoms with Gasteiger partial charge < -0.3 is 23.7 Å². The largest absolute Gasteiger partial charge is 0.463 e. The van der Waals surface area contributed by atoms with E-state index in [-0.39, 0.29) is 6.61 Å². The molecule has 170 valence electrons. The number of nitrogens with zero attached hydrogens (tertiary/aromatic N) is 1. The second-order valence-electron chi connectivity index (χ2n) is 6.71. The molecule has 0 spiro atoms. The van der Waals surface area contributed by atoms with E-state index in [0.717, 1.165) is 24.6 Å². The normalized spacial score (nSPS) is 29.5. The quantitative estimate of drug-likeness (QED) is 0.300. The van der Waals surface area contributed by atoms with Gasteiger partial charge in [0.2, 0.25) is 0 Å². The molecule has 0 aromatic rings. The molecule has 2 saturated heterocycles. The summed E-state index contributed by atoms with van der Waals surface area (Å²) in [6.07, 6.45) is -4.18. The number of thioether (sulfide) groups is 1. The molecule has 0 unspecified atom stereocenters. The van der Waals surface area contributed by atoms with Crippen LogP contribution in [0.1, 0.15) is 27.7 Å². The van der Waals surface area contributed by atoms with Crippen molar-refractivity contribution in [3.8, 4) is 0 Å². The standard InChI is InChI=1S/C18H27NO9S2/c1-10(20)24-9-14-15(25-11(2)21)16(26-12(3)22)17(27-13(4)23)18(28-14)30-19-5-7-29-8-6-19/h14-18H,5-9H2,1-4H3/t14-,15-,16+,17-,18+/m1/s1. The number of ether oxygens (including phenoxy) is 5. The fourth-order valence-corrected chi connectivity index (χ4v) is 5.42. The third-order valence-corrected chi connectivity index (χ3v) is 6.36. The van der Waals surface area contributed by atoms with Crippen LogP contribution in [0, 0.1) is 0 Å². The van der Waals surface area contributed by atoms with Crippen molar-refractivity contribution in [3.05, 3.63) is 0 Å². The number of carbonyl (C=O) groups is 4. The smallest absolute Gasteiger partial charge is 0.303 e. The monoisotopic (exact) mass is 465 g/mol. The van der Waals surface area contributed by atoms with Gasteiger partial charge in [-0.15, -0.1) is 0 Å². The lowest BCUT2D eigenvalue weighted by Crippen LogP contribution is -2.62. The molecular weight excluding hydrogens is 438 g/mol. The summed E-state index contributed by atoms with van der Waals surface area (Å²) in [6.45, 7) is 6.24.